The van der Waals surface area contributed by atoms with Crippen molar-refractivity contribution in [1.29, 1.82) is 0 Å². The number of hydrogen-bond acceptors (Lipinski definition) is 2. The Morgan fingerprint density at radius 1 is 1.27 bits per heavy atom. The summed E-state index contributed by atoms with van der Waals surface area (Å²) in [5.74, 6) is 0.879. The summed E-state index contributed by atoms with van der Waals surface area (Å²) in [7, 11) is 3.20. The molecule has 0 spiro atoms. The molecule has 0 saturated carbocycles. The quantitative estimate of drug-likeness (QED) is 0.264. The molecule has 11 heavy (non-hydrogen) atoms. The molecule has 0 aliphatic carbocycles. The van der Waals surface area contributed by atoms with Crippen LogP contribution in [-0.4, -0.2) is 35.5 Å². The van der Waals surface area contributed by atoms with Crippen LogP contribution >= 0.6 is 11.6 Å². The molecule has 0 aromatic heterocycles. The van der Waals surface area contributed by atoms with E-state index in [2.05, 4.69) is 0 Å². The van der Waals surface area contributed by atoms with Crippen LogP contribution in [0.4, 0.5) is 0 Å². The van der Waals surface area contributed by atoms with Gasteiger partial charge in [0.1, 0.15) is 5.91 Å². The third-order valence-corrected chi connectivity index (χ3v) is 3.91. The molecule has 0 aliphatic heterocycles. The fourth-order valence-electron chi connectivity index (χ4n) is 0.914. The summed E-state index contributed by atoms with van der Waals surface area (Å²) in [5.41, 5.74) is 0. The van der Waals surface area contributed by atoms with Crippen LogP contribution in [0.2, 0.25) is 6.04 Å². The van der Waals surface area contributed by atoms with E-state index in [1.54, 1.807) is 14.2 Å². The lowest BCUT2D eigenvalue weighted by Crippen LogP contribution is -2.20. The molecule has 4 heteroatoms. The van der Waals surface area contributed by atoms with Crippen molar-refractivity contribution in [2.24, 2.45) is 0 Å². The second-order valence-corrected chi connectivity index (χ2v) is 4.77. The van der Waals surface area contributed by atoms with E-state index in [-0.39, 0.29) is 15.4 Å². The van der Waals surface area contributed by atoms with E-state index in [4.69, 9.17) is 21.1 Å². The van der Waals surface area contributed by atoms with Crippen LogP contribution < -0.4 is 0 Å². The lowest BCUT2D eigenvalue weighted by molar-refractivity contribution is -0.0441. The van der Waals surface area contributed by atoms with Gasteiger partial charge < -0.3 is 9.47 Å². The van der Waals surface area contributed by atoms with Gasteiger partial charge in [0.25, 0.3) is 0 Å². The van der Waals surface area contributed by atoms with Crippen molar-refractivity contribution in [2.45, 2.75) is 24.8 Å². The molecule has 0 aromatic rings. The van der Waals surface area contributed by atoms with Crippen molar-refractivity contribution in [3.63, 3.8) is 0 Å². The Morgan fingerprint density at radius 3 is 2.36 bits per heavy atom. The Morgan fingerprint density at radius 2 is 1.91 bits per heavy atom. The molecule has 0 aromatic carbocycles. The van der Waals surface area contributed by atoms with Gasteiger partial charge in [0.05, 0.1) is 9.52 Å². The van der Waals surface area contributed by atoms with Gasteiger partial charge in [-0.05, 0) is 6.42 Å². The van der Waals surface area contributed by atoms with Crippen LogP contribution in [0, 0.1) is 0 Å². The number of unbranched alkanes of at least 4 members (excludes halogenated alkanes) is 1. The lowest BCUT2D eigenvalue weighted by atomic mass is 10.4. The maximum Gasteiger partial charge on any atom is 0.134 e. The average Bonchev–Trinajstić information content (AvgIpc) is 2.05. The summed E-state index contributed by atoms with van der Waals surface area (Å²) in [6.07, 6.45) is 2.34. The first-order valence-electron chi connectivity index (χ1n) is 3.96. The summed E-state index contributed by atoms with van der Waals surface area (Å²) < 4.78 is 10.2. The topological polar surface area (TPSA) is 18.5 Å². The summed E-state index contributed by atoms with van der Waals surface area (Å²) >= 11 is 5.54. The molecule has 0 aliphatic rings. The Balaban J connectivity index is 3.07. The van der Waals surface area contributed by atoms with Gasteiger partial charge in [-0.1, -0.05) is 12.5 Å². The molecule has 0 N–H and O–H groups in total. The van der Waals surface area contributed by atoms with E-state index in [1.807, 2.05) is 0 Å². The zero-order chi connectivity index (χ0) is 8.53. The molecule has 0 bridgehead atoms. The van der Waals surface area contributed by atoms with Crippen LogP contribution in [-0.2, 0) is 9.47 Å². The Kier molecular flexibility index (Phi) is 8.85. The van der Waals surface area contributed by atoms with Crippen molar-refractivity contribution < 1.29 is 9.47 Å². The first kappa shape index (κ1) is 11.4. The number of halogens is 1. The molecule has 0 radical (unpaired) electrons. The SMILES string of the molecule is COC(OC)[SiH2]CCCCCl. The van der Waals surface area contributed by atoms with E-state index >= 15 is 0 Å². The van der Waals surface area contributed by atoms with Crippen LogP contribution in [0.1, 0.15) is 12.8 Å². The zero-order valence-electron chi connectivity index (χ0n) is 7.31. The first-order valence-corrected chi connectivity index (χ1v) is 6.31. The van der Waals surface area contributed by atoms with Crippen molar-refractivity contribution in [1.82, 2.24) is 0 Å². The molecular formula is C7H17ClO2Si. The number of alkyl halides is 1. The van der Waals surface area contributed by atoms with Crippen molar-refractivity contribution in [3.05, 3.63) is 0 Å². The van der Waals surface area contributed by atoms with E-state index in [0.29, 0.717) is 0 Å². The lowest BCUT2D eigenvalue weighted by Gasteiger charge is -2.11. The smallest absolute Gasteiger partial charge is 0.134 e. The van der Waals surface area contributed by atoms with Gasteiger partial charge in [-0.25, -0.2) is 0 Å². The molecule has 68 valence electrons. The molecule has 0 rings (SSSR count). The van der Waals surface area contributed by atoms with Gasteiger partial charge in [-0.15, -0.1) is 11.6 Å². The van der Waals surface area contributed by atoms with Crippen LogP contribution in [0.25, 0.3) is 0 Å². The summed E-state index contributed by atoms with van der Waals surface area (Å²) in [4.78, 5) is 0. The van der Waals surface area contributed by atoms with Gasteiger partial charge >= 0.3 is 0 Å². The fourth-order valence-corrected chi connectivity index (χ4v) is 2.55. The molecule has 0 amide bonds. The predicted molar refractivity (Wildman–Crippen MR) is 51.1 cm³/mol. The van der Waals surface area contributed by atoms with Gasteiger partial charge in [-0.2, -0.15) is 0 Å². The van der Waals surface area contributed by atoms with Crippen LogP contribution in [0.15, 0.2) is 0 Å². The molecule has 0 unspecified atom stereocenters. The molecule has 2 nitrogen and oxygen atoms in total. The fraction of sp³-hybridized carbons (Fsp3) is 1.00. The Bertz CT molecular complexity index is 78.8. The van der Waals surface area contributed by atoms with E-state index < -0.39 is 0 Å². The van der Waals surface area contributed by atoms with E-state index in [9.17, 15) is 0 Å². The van der Waals surface area contributed by atoms with Crippen molar-refractivity contribution in [2.75, 3.05) is 20.1 Å². The molecular weight excluding hydrogens is 180 g/mol. The Labute approximate surface area is 76.0 Å². The number of ether oxygens (including phenoxy) is 2. The number of rotatable bonds is 7. The minimum absolute atomic E-state index is 0.102. The molecule has 0 heterocycles. The van der Waals surface area contributed by atoms with Crippen LogP contribution in [0.3, 0.4) is 0 Å². The Hall–Kier alpha value is 0.427. The van der Waals surface area contributed by atoms with Crippen molar-refractivity contribution in [3.8, 4) is 0 Å². The minimum Gasteiger partial charge on any atom is -0.360 e. The first-order chi connectivity index (χ1) is 5.35. The highest BCUT2D eigenvalue weighted by Crippen LogP contribution is 2.00. The summed E-state index contributed by atoms with van der Waals surface area (Å²) in [6, 6.07) is 1.26. The third-order valence-electron chi connectivity index (χ3n) is 1.60. The normalized spacial score (nSPS) is 12.0. The van der Waals surface area contributed by atoms with E-state index in [1.165, 1.54) is 12.5 Å². The van der Waals surface area contributed by atoms with Gasteiger partial charge in [0.15, 0.2) is 0 Å². The third kappa shape index (κ3) is 6.81. The van der Waals surface area contributed by atoms with Gasteiger partial charge in [0.2, 0.25) is 0 Å². The van der Waals surface area contributed by atoms with E-state index in [0.717, 1.165) is 12.3 Å². The predicted octanol–water partition coefficient (Wildman–Crippen LogP) is 1.17. The van der Waals surface area contributed by atoms with Crippen LogP contribution in [0.5, 0.6) is 0 Å². The monoisotopic (exact) mass is 196 g/mol. The molecule has 0 atom stereocenters. The standard InChI is InChI=1S/C7H17ClO2Si/c1-9-7(10-2)11-6-4-3-5-8/h7H,3-6,11H2,1-2H3. The highest BCUT2D eigenvalue weighted by atomic mass is 35.5. The largest absolute Gasteiger partial charge is 0.360 e. The second kappa shape index (κ2) is 8.52. The molecule has 0 fully saturated rings. The maximum atomic E-state index is 5.54. The highest BCUT2D eigenvalue weighted by Gasteiger charge is 2.03. The maximum absolute atomic E-state index is 5.54. The minimum atomic E-state index is -0.198. The molecule has 0 saturated heterocycles. The average molecular weight is 197 g/mol. The highest BCUT2D eigenvalue weighted by molar-refractivity contribution is 6.36. The van der Waals surface area contributed by atoms with Gasteiger partial charge in [0, 0.05) is 20.1 Å². The number of methoxy groups -OCH3 is 2. The summed E-state index contributed by atoms with van der Waals surface area (Å²) in [5, 5.41) is 0. The summed E-state index contributed by atoms with van der Waals surface area (Å²) in [6.45, 7) is 0. The number of hydrogen-bond donors (Lipinski definition) is 0. The van der Waals surface area contributed by atoms with Gasteiger partial charge in [-0.3, -0.25) is 0 Å². The zero-order valence-corrected chi connectivity index (χ0v) is 9.48. The second-order valence-electron chi connectivity index (χ2n) is 2.44. The van der Waals surface area contributed by atoms with Crippen molar-refractivity contribution >= 4 is 21.1 Å².